The van der Waals surface area contributed by atoms with Crippen LogP contribution < -0.4 is 14.8 Å². The minimum absolute atomic E-state index is 0.0751. The zero-order chi connectivity index (χ0) is 21.3. The van der Waals surface area contributed by atoms with Crippen molar-refractivity contribution in [1.82, 2.24) is 10.2 Å². The van der Waals surface area contributed by atoms with Gasteiger partial charge in [0.2, 0.25) is 11.8 Å². The third kappa shape index (κ3) is 3.56. The lowest BCUT2D eigenvalue weighted by molar-refractivity contribution is 0.110. The first-order chi connectivity index (χ1) is 14.6. The average molecular weight is 415 g/mol. The van der Waals surface area contributed by atoms with Gasteiger partial charge < -0.3 is 29.4 Å². The highest BCUT2D eigenvalue weighted by atomic mass is 16.5. The van der Waals surface area contributed by atoms with Crippen LogP contribution in [0.25, 0.3) is 0 Å². The van der Waals surface area contributed by atoms with Gasteiger partial charge in [-0.3, -0.25) is 9.89 Å². The standard InChI is InChI=1S/C22H29N3O5/c1-5-30-19-9-14-15-8-13(26)6-7-17(15)24-22(16(14)10-18(19)27-2)25-12-20(28-3)23-11-21(25)29-4/h9-13,15,17,23,26H,5-8H2,1-4H3/t13-,15-,17-/m1/s1. The maximum atomic E-state index is 10.3. The zero-order valence-electron chi connectivity index (χ0n) is 17.8. The lowest BCUT2D eigenvalue weighted by Crippen LogP contribution is -2.40. The van der Waals surface area contributed by atoms with Crippen LogP contribution in [0, 0.1) is 0 Å². The van der Waals surface area contributed by atoms with Gasteiger partial charge >= 0.3 is 0 Å². The molecule has 0 bridgehead atoms. The van der Waals surface area contributed by atoms with Gasteiger partial charge in [-0.05, 0) is 43.9 Å². The number of hydrogen-bond acceptors (Lipinski definition) is 8. The van der Waals surface area contributed by atoms with Crippen molar-refractivity contribution in [3.63, 3.8) is 0 Å². The van der Waals surface area contributed by atoms with E-state index in [4.69, 9.17) is 23.9 Å². The molecule has 162 valence electrons. The first-order valence-corrected chi connectivity index (χ1v) is 10.3. The second-order valence-electron chi connectivity index (χ2n) is 7.52. The Morgan fingerprint density at radius 1 is 1.13 bits per heavy atom. The molecule has 4 rings (SSSR count). The van der Waals surface area contributed by atoms with Crippen molar-refractivity contribution in [3.05, 3.63) is 47.4 Å². The maximum Gasteiger partial charge on any atom is 0.215 e. The monoisotopic (exact) mass is 415 g/mol. The number of fused-ring (bicyclic) bond motifs is 3. The van der Waals surface area contributed by atoms with E-state index in [9.17, 15) is 5.11 Å². The summed E-state index contributed by atoms with van der Waals surface area (Å²) < 4.78 is 22.4. The van der Waals surface area contributed by atoms with Gasteiger partial charge in [0.25, 0.3) is 0 Å². The average Bonchev–Trinajstić information content (AvgIpc) is 2.78. The Hall–Kier alpha value is -2.87. The Bertz CT molecular complexity index is 895. The fourth-order valence-corrected chi connectivity index (χ4v) is 4.40. The van der Waals surface area contributed by atoms with Gasteiger partial charge in [0.15, 0.2) is 11.5 Å². The first kappa shape index (κ1) is 20.4. The molecule has 0 unspecified atom stereocenters. The summed E-state index contributed by atoms with van der Waals surface area (Å²) in [5.74, 6) is 3.41. The summed E-state index contributed by atoms with van der Waals surface area (Å²) in [5, 5.41) is 13.4. The predicted molar refractivity (Wildman–Crippen MR) is 112 cm³/mol. The molecule has 3 atom stereocenters. The third-order valence-electron chi connectivity index (χ3n) is 5.83. The van der Waals surface area contributed by atoms with Gasteiger partial charge in [0, 0.05) is 11.5 Å². The molecule has 0 amide bonds. The number of methoxy groups -OCH3 is 3. The largest absolute Gasteiger partial charge is 0.493 e. The minimum atomic E-state index is -0.317. The topological polar surface area (TPSA) is 84.8 Å². The normalized spacial score (nSPS) is 25.0. The van der Waals surface area contributed by atoms with Crippen LogP contribution in [0.3, 0.4) is 0 Å². The molecule has 1 aliphatic carbocycles. The molecule has 1 saturated carbocycles. The summed E-state index contributed by atoms with van der Waals surface area (Å²) in [6.45, 7) is 2.49. The SMILES string of the molecule is CCOc1cc2c(cc1OC)C(N1C=C(OC)NC=C1OC)=N[C@@H]1CC[C@@H](O)C[C@H]21. The van der Waals surface area contributed by atoms with Gasteiger partial charge in [-0.25, -0.2) is 0 Å². The molecule has 8 heteroatoms. The molecule has 2 N–H and O–H groups in total. The number of aliphatic hydroxyl groups excluding tert-OH is 1. The Balaban J connectivity index is 1.87. The molecule has 30 heavy (non-hydrogen) atoms. The Morgan fingerprint density at radius 2 is 1.97 bits per heavy atom. The lowest BCUT2D eigenvalue weighted by Gasteiger charge is -2.39. The molecule has 3 aliphatic rings. The van der Waals surface area contributed by atoms with Crippen LogP contribution in [0.1, 0.15) is 43.2 Å². The number of hydrogen-bond donors (Lipinski definition) is 2. The van der Waals surface area contributed by atoms with Crippen molar-refractivity contribution in [1.29, 1.82) is 0 Å². The molecule has 1 aromatic rings. The van der Waals surface area contributed by atoms with Crippen LogP contribution in [-0.2, 0) is 9.47 Å². The van der Waals surface area contributed by atoms with Crippen molar-refractivity contribution >= 4 is 5.84 Å². The Morgan fingerprint density at radius 3 is 2.67 bits per heavy atom. The fraction of sp³-hybridized carbons (Fsp3) is 0.500. The second kappa shape index (κ2) is 8.47. The van der Waals surface area contributed by atoms with E-state index < -0.39 is 0 Å². The van der Waals surface area contributed by atoms with E-state index in [2.05, 4.69) is 5.32 Å². The van der Waals surface area contributed by atoms with E-state index in [1.165, 1.54) is 0 Å². The van der Waals surface area contributed by atoms with E-state index in [0.29, 0.717) is 36.3 Å². The number of nitrogens with one attached hydrogen (secondary N) is 1. The van der Waals surface area contributed by atoms with Crippen LogP contribution in [0.2, 0.25) is 0 Å². The smallest absolute Gasteiger partial charge is 0.215 e. The number of amidine groups is 1. The van der Waals surface area contributed by atoms with E-state index in [1.807, 2.05) is 30.2 Å². The molecule has 0 aromatic heterocycles. The molecule has 0 radical (unpaired) electrons. The molecular weight excluding hydrogens is 386 g/mol. The Kier molecular flexibility index (Phi) is 5.76. The van der Waals surface area contributed by atoms with Gasteiger partial charge in [0.05, 0.1) is 52.5 Å². The highest BCUT2D eigenvalue weighted by Gasteiger charge is 2.39. The fourth-order valence-electron chi connectivity index (χ4n) is 4.40. The number of benzene rings is 1. The summed E-state index contributed by atoms with van der Waals surface area (Å²) in [5.41, 5.74) is 2.04. The van der Waals surface area contributed by atoms with E-state index in [-0.39, 0.29) is 18.1 Å². The van der Waals surface area contributed by atoms with Crippen LogP contribution in [0.15, 0.2) is 41.3 Å². The second-order valence-corrected chi connectivity index (χ2v) is 7.52. The van der Waals surface area contributed by atoms with E-state index in [0.717, 1.165) is 29.8 Å². The number of aliphatic imine (C=N–C) groups is 1. The molecule has 1 aromatic carbocycles. The van der Waals surface area contributed by atoms with Gasteiger partial charge in [-0.1, -0.05) is 0 Å². The van der Waals surface area contributed by atoms with E-state index >= 15 is 0 Å². The maximum absolute atomic E-state index is 10.3. The Labute approximate surface area is 176 Å². The number of aliphatic hydroxyl groups is 1. The highest BCUT2D eigenvalue weighted by Crippen LogP contribution is 2.45. The van der Waals surface area contributed by atoms with Gasteiger partial charge in [-0.2, -0.15) is 0 Å². The van der Waals surface area contributed by atoms with Crippen molar-refractivity contribution in [2.24, 2.45) is 4.99 Å². The van der Waals surface area contributed by atoms with Crippen LogP contribution in [0.4, 0.5) is 0 Å². The molecule has 0 spiro atoms. The summed E-state index contributed by atoms with van der Waals surface area (Å²) >= 11 is 0. The number of rotatable bonds is 5. The third-order valence-corrected chi connectivity index (χ3v) is 5.83. The van der Waals surface area contributed by atoms with Crippen LogP contribution >= 0.6 is 0 Å². The summed E-state index contributed by atoms with van der Waals surface area (Å²) in [7, 11) is 4.86. The highest BCUT2D eigenvalue weighted by molar-refractivity contribution is 6.03. The minimum Gasteiger partial charge on any atom is -0.493 e. The van der Waals surface area contributed by atoms with Gasteiger partial charge in [0.1, 0.15) is 5.84 Å². The molecule has 2 aliphatic heterocycles. The quantitative estimate of drug-likeness (QED) is 0.765. The molecule has 0 saturated heterocycles. The van der Waals surface area contributed by atoms with Crippen LogP contribution in [-0.4, -0.2) is 55.9 Å². The molecule has 8 nitrogen and oxygen atoms in total. The van der Waals surface area contributed by atoms with Crippen molar-refractivity contribution in [3.8, 4) is 11.5 Å². The number of nitrogens with zero attached hydrogens (tertiary/aromatic N) is 2. The molecule has 1 fully saturated rings. The molecular formula is C22H29N3O5. The predicted octanol–water partition coefficient (Wildman–Crippen LogP) is 2.65. The van der Waals surface area contributed by atoms with Gasteiger partial charge in [-0.15, -0.1) is 0 Å². The van der Waals surface area contributed by atoms with Crippen molar-refractivity contribution < 1.29 is 24.1 Å². The van der Waals surface area contributed by atoms with Crippen molar-refractivity contribution in [2.45, 2.75) is 44.2 Å². The van der Waals surface area contributed by atoms with Crippen LogP contribution in [0.5, 0.6) is 11.5 Å². The first-order valence-electron chi connectivity index (χ1n) is 10.3. The summed E-state index contributed by atoms with van der Waals surface area (Å²) in [4.78, 5) is 6.99. The summed E-state index contributed by atoms with van der Waals surface area (Å²) in [6, 6.07) is 4.08. The summed E-state index contributed by atoms with van der Waals surface area (Å²) in [6.07, 6.45) is 5.49. The molecule has 2 heterocycles. The zero-order valence-corrected chi connectivity index (χ0v) is 17.8. The lowest BCUT2D eigenvalue weighted by atomic mass is 9.75. The van der Waals surface area contributed by atoms with Crippen molar-refractivity contribution in [2.75, 3.05) is 27.9 Å². The van der Waals surface area contributed by atoms with E-state index in [1.54, 1.807) is 27.5 Å². The number of ether oxygens (including phenoxy) is 4.